The molecule has 1 N–H and O–H groups in total. The van der Waals surface area contributed by atoms with Crippen LogP contribution in [0.25, 0.3) is 0 Å². The number of aromatic nitrogens is 1. The Bertz CT molecular complexity index is 710. The summed E-state index contributed by atoms with van der Waals surface area (Å²) in [5, 5.41) is 12.1. The Morgan fingerprint density at radius 3 is 2.86 bits per heavy atom. The summed E-state index contributed by atoms with van der Waals surface area (Å²) in [6, 6.07) is 7.18. The van der Waals surface area contributed by atoms with E-state index in [1.165, 1.54) is 11.3 Å². The minimum atomic E-state index is -0.901. The van der Waals surface area contributed by atoms with E-state index in [1.807, 2.05) is 18.4 Å². The second-order valence-corrected chi connectivity index (χ2v) is 6.05. The number of hydrogen-bond donors (Lipinski definition) is 1. The van der Waals surface area contributed by atoms with Crippen LogP contribution in [0.15, 0.2) is 29.6 Å². The van der Waals surface area contributed by atoms with Crippen molar-refractivity contribution in [3.63, 3.8) is 0 Å². The fraction of sp³-hybridized carbons (Fsp3) is 0.267. The van der Waals surface area contributed by atoms with Crippen molar-refractivity contribution in [2.24, 2.45) is 0 Å². The molecule has 0 aliphatic carbocycles. The first kappa shape index (κ1) is 13.8. The number of carboxylic acid groups (broad SMARTS) is 1. The zero-order chi connectivity index (χ0) is 15.0. The van der Waals surface area contributed by atoms with Gasteiger partial charge in [0.15, 0.2) is 0 Å². The van der Waals surface area contributed by atoms with Crippen molar-refractivity contribution < 1.29 is 14.7 Å². The smallest absolute Gasteiger partial charge is 0.312 e. The van der Waals surface area contributed by atoms with Crippen molar-refractivity contribution in [2.45, 2.75) is 19.3 Å². The fourth-order valence-corrected chi connectivity index (χ4v) is 3.21. The molecule has 1 aliphatic heterocycles. The van der Waals surface area contributed by atoms with Gasteiger partial charge in [-0.2, -0.15) is 0 Å². The van der Waals surface area contributed by atoms with Gasteiger partial charge in [-0.1, -0.05) is 18.2 Å². The van der Waals surface area contributed by atoms with E-state index in [-0.39, 0.29) is 18.9 Å². The maximum Gasteiger partial charge on any atom is 0.312 e. The first-order valence-corrected chi connectivity index (χ1v) is 7.47. The zero-order valence-corrected chi connectivity index (χ0v) is 12.3. The van der Waals surface area contributed by atoms with Crippen molar-refractivity contribution in [2.75, 3.05) is 11.4 Å². The summed E-state index contributed by atoms with van der Waals surface area (Å²) in [7, 11) is 0. The van der Waals surface area contributed by atoms with Crippen LogP contribution >= 0.6 is 11.3 Å². The molecular formula is C15H14N2O3S. The van der Waals surface area contributed by atoms with Crippen LogP contribution in [0.2, 0.25) is 0 Å². The molecule has 0 unspecified atom stereocenters. The number of anilines is 1. The SMILES string of the molecule is Cc1nc(CC(=O)N2C[C@@H](C(=O)O)c3ccccc32)cs1. The van der Waals surface area contributed by atoms with Crippen LogP contribution in [0, 0.1) is 6.92 Å². The van der Waals surface area contributed by atoms with Gasteiger partial charge in [0.25, 0.3) is 0 Å². The molecule has 2 aromatic rings. The van der Waals surface area contributed by atoms with Crippen LogP contribution < -0.4 is 4.90 Å². The van der Waals surface area contributed by atoms with E-state index in [2.05, 4.69) is 4.98 Å². The summed E-state index contributed by atoms with van der Waals surface area (Å²) < 4.78 is 0. The Morgan fingerprint density at radius 1 is 1.43 bits per heavy atom. The maximum atomic E-state index is 12.5. The third-order valence-corrected chi connectivity index (χ3v) is 4.39. The number of rotatable bonds is 3. The monoisotopic (exact) mass is 302 g/mol. The van der Waals surface area contributed by atoms with E-state index in [4.69, 9.17) is 0 Å². The van der Waals surface area contributed by atoms with Gasteiger partial charge < -0.3 is 10.0 Å². The number of aliphatic carboxylic acids is 1. The Labute approximate surface area is 125 Å². The minimum Gasteiger partial charge on any atom is -0.481 e. The van der Waals surface area contributed by atoms with Crippen molar-refractivity contribution in [3.8, 4) is 0 Å². The molecule has 1 atom stereocenters. The zero-order valence-electron chi connectivity index (χ0n) is 11.4. The molecule has 1 aliphatic rings. The highest BCUT2D eigenvalue weighted by atomic mass is 32.1. The van der Waals surface area contributed by atoms with E-state index in [0.717, 1.165) is 10.7 Å². The standard InChI is InChI=1S/C15H14N2O3S/c1-9-16-10(8-21-9)6-14(18)17-7-12(15(19)20)11-4-2-3-5-13(11)17/h2-5,8,12H,6-7H2,1H3,(H,19,20)/t12-/m1/s1. The maximum absolute atomic E-state index is 12.5. The molecule has 0 fully saturated rings. The fourth-order valence-electron chi connectivity index (χ4n) is 2.59. The number of benzene rings is 1. The number of thiazole rings is 1. The van der Waals surface area contributed by atoms with Crippen LogP contribution in [0.5, 0.6) is 0 Å². The van der Waals surface area contributed by atoms with Crippen LogP contribution in [0.1, 0.15) is 22.2 Å². The summed E-state index contributed by atoms with van der Waals surface area (Å²) >= 11 is 1.50. The molecule has 0 radical (unpaired) electrons. The van der Waals surface area contributed by atoms with Gasteiger partial charge in [0.1, 0.15) is 5.92 Å². The van der Waals surface area contributed by atoms with Gasteiger partial charge in [-0.15, -0.1) is 11.3 Å². The molecule has 108 valence electrons. The Hall–Kier alpha value is -2.21. The number of carboxylic acids is 1. The second-order valence-electron chi connectivity index (χ2n) is 4.99. The number of hydrogen-bond acceptors (Lipinski definition) is 4. The predicted molar refractivity (Wildman–Crippen MR) is 79.7 cm³/mol. The Morgan fingerprint density at radius 2 is 2.19 bits per heavy atom. The molecule has 0 spiro atoms. The lowest BCUT2D eigenvalue weighted by Gasteiger charge is -2.16. The van der Waals surface area contributed by atoms with Gasteiger partial charge in [-0.05, 0) is 18.6 Å². The van der Waals surface area contributed by atoms with E-state index in [9.17, 15) is 14.7 Å². The highest BCUT2D eigenvalue weighted by Crippen LogP contribution is 2.36. The second kappa shape index (κ2) is 5.29. The van der Waals surface area contributed by atoms with Crippen molar-refractivity contribution >= 4 is 28.9 Å². The van der Waals surface area contributed by atoms with Gasteiger partial charge in [-0.3, -0.25) is 9.59 Å². The number of para-hydroxylation sites is 1. The lowest BCUT2D eigenvalue weighted by Crippen LogP contribution is -2.32. The molecule has 1 aromatic heterocycles. The summed E-state index contributed by atoms with van der Waals surface area (Å²) in [6.07, 6.45) is 0.199. The first-order chi connectivity index (χ1) is 10.1. The molecule has 3 rings (SSSR count). The molecule has 2 heterocycles. The molecule has 0 saturated heterocycles. The number of amides is 1. The highest BCUT2D eigenvalue weighted by Gasteiger charge is 2.36. The molecule has 6 heteroatoms. The quantitative estimate of drug-likeness (QED) is 0.943. The Kier molecular flexibility index (Phi) is 3.47. The number of aryl methyl sites for hydroxylation is 1. The summed E-state index contributed by atoms with van der Waals surface area (Å²) in [5.41, 5.74) is 2.13. The molecule has 0 bridgehead atoms. The van der Waals surface area contributed by atoms with Gasteiger partial charge in [0.05, 0.1) is 17.1 Å². The molecular weight excluding hydrogens is 288 g/mol. The van der Waals surface area contributed by atoms with Gasteiger partial charge in [0, 0.05) is 17.6 Å². The van der Waals surface area contributed by atoms with Crippen LogP contribution in [0.4, 0.5) is 5.69 Å². The lowest BCUT2D eigenvalue weighted by atomic mass is 10.0. The number of carbonyl (C=O) groups is 2. The molecule has 5 nitrogen and oxygen atoms in total. The Balaban J connectivity index is 1.86. The van der Waals surface area contributed by atoms with Gasteiger partial charge in [-0.25, -0.2) is 4.98 Å². The predicted octanol–water partition coefficient (Wildman–Crippen LogP) is 2.21. The summed E-state index contributed by atoms with van der Waals surface area (Å²) in [5.74, 6) is -1.67. The van der Waals surface area contributed by atoms with Crippen molar-refractivity contribution in [3.05, 3.63) is 45.9 Å². The van der Waals surface area contributed by atoms with Crippen molar-refractivity contribution in [1.29, 1.82) is 0 Å². The molecule has 1 aromatic carbocycles. The lowest BCUT2D eigenvalue weighted by molar-refractivity contribution is -0.138. The third kappa shape index (κ3) is 2.54. The van der Waals surface area contributed by atoms with Crippen molar-refractivity contribution in [1.82, 2.24) is 4.98 Å². The van der Waals surface area contributed by atoms with E-state index >= 15 is 0 Å². The van der Waals surface area contributed by atoms with Crippen LogP contribution in [-0.2, 0) is 16.0 Å². The normalized spacial score (nSPS) is 16.8. The number of fused-ring (bicyclic) bond motifs is 1. The molecule has 0 saturated carbocycles. The summed E-state index contributed by atoms with van der Waals surface area (Å²) in [4.78, 5) is 29.6. The molecule has 21 heavy (non-hydrogen) atoms. The van der Waals surface area contributed by atoms with E-state index in [0.29, 0.717) is 11.3 Å². The topological polar surface area (TPSA) is 70.5 Å². The molecule has 1 amide bonds. The minimum absolute atomic E-state index is 0.114. The summed E-state index contributed by atoms with van der Waals surface area (Å²) in [6.45, 7) is 2.08. The third-order valence-electron chi connectivity index (χ3n) is 3.57. The highest BCUT2D eigenvalue weighted by molar-refractivity contribution is 7.09. The van der Waals surface area contributed by atoms with E-state index in [1.54, 1.807) is 23.1 Å². The van der Waals surface area contributed by atoms with E-state index < -0.39 is 11.9 Å². The number of nitrogens with zero attached hydrogens (tertiary/aromatic N) is 2. The van der Waals surface area contributed by atoms with Gasteiger partial charge >= 0.3 is 5.97 Å². The average molecular weight is 302 g/mol. The largest absolute Gasteiger partial charge is 0.481 e. The van der Waals surface area contributed by atoms with Crippen LogP contribution in [0.3, 0.4) is 0 Å². The number of carbonyl (C=O) groups excluding carboxylic acids is 1. The average Bonchev–Trinajstić information content (AvgIpc) is 3.02. The first-order valence-electron chi connectivity index (χ1n) is 6.59. The van der Waals surface area contributed by atoms with Gasteiger partial charge in [0.2, 0.25) is 5.91 Å². The van der Waals surface area contributed by atoms with Crippen LogP contribution in [-0.4, -0.2) is 28.5 Å².